The summed E-state index contributed by atoms with van der Waals surface area (Å²) in [6.07, 6.45) is 3.26. The standard InChI is InChI=1S/C22H34N6O3/c1-4-23-22(28-12-10-19(11-13-28)31-15-5-14-29-2)24-16-20-25-21(27-26-20)17-6-8-18(30-3)9-7-17/h6-9,19H,4-5,10-16H2,1-3H3,(H,23,24)(H,25,26,27). The van der Waals surface area contributed by atoms with Gasteiger partial charge in [-0.2, -0.15) is 5.10 Å². The maximum atomic E-state index is 5.96. The molecule has 2 aromatic rings. The van der Waals surface area contributed by atoms with E-state index in [9.17, 15) is 0 Å². The highest BCUT2D eigenvalue weighted by atomic mass is 16.5. The molecular formula is C22H34N6O3. The lowest BCUT2D eigenvalue weighted by Gasteiger charge is -2.34. The highest BCUT2D eigenvalue weighted by molar-refractivity contribution is 5.80. The number of rotatable bonds is 10. The van der Waals surface area contributed by atoms with Crippen molar-refractivity contribution in [2.45, 2.75) is 38.8 Å². The number of methoxy groups -OCH3 is 2. The number of likely N-dealkylation sites (tertiary alicyclic amines) is 1. The molecular weight excluding hydrogens is 396 g/mol. The zero-order valence-corrected chi connectivity index (χ0v) is 18.8. The Balaban J connectivity index is 1.53. The lowest BCUT2D eigenvalue weighted by molar-refractivity contribution is 0.00990. The number of piperidine rings is 1. The van der Waals surface area contributed by atoms with Crippen molar-refractivity contribution in [1.29, 1.82) is 0 Å². The van der Waals surface area contributed by atoms with E-state index in [4.69, 9.17) is 19.2 Å². The minimum Gasteiger partial charge on any atom is -0.497 e. The van der Waals surface area contributed by atoms with Crippen LogP contribution in [-0.4, -0.2) is 79.2 Å². The number of aromatic nitrogens is 3. The molecule has 9 nitrogen and oxygen atoms in total. The molecule has 1 aromatic carbocycles. The largest absolute Gasteiger partial charge is 0.497 e. The quantitative estimate of drug-likeness (QED) is 0.339. The highest BCUT2D eigenvalue weighted by Crippen LogP contribution is 2.19. The molecule has 1 aliphatic heterocycles. The van der Waals surface area contributed by atoms with Gasteiger partial charge < -0.3 is 24.4 Å². The molecule has 1 fully saturated rings. The fraction of sp³-hybridized carbons (Fsp3) is 0.591. The summed E-state index contributed by atoms with van der Waals surface area (Å²) in [6, 6.07) is 7.69. The minimum atomic E-state index is 0.317. The Bertz CT molecular complexity index is 800. The third kappa shape index (κ3) is 6.93. The van der Waals surface area contributed by atoms with Gasteiger partial charge in [-0.3, -0.25) is 5.10 Å². The molecule has 0 aliphatic carbocycles. The van der Waals surface area contributed by atoms with Crippen LogP contribution in [0.1, 0.15) is 32.0 Å². The molecule has 2 heterocycles. The first kappa shape index (κ1) is 23.0. The smallest absolute Gasteiger partial charge is 0.194 e. The Labute approximate surface area is 184 Å². The van der Waals surface area contributed by atoms with Crippen LogP contribution in [0.2, 0.25) is 0 Å². The number of hydrogen-bond donors (Lipinski definition) is 2. The molecule has 1 saturated heterocycles. The zero-order valence-electron chi connectivity index (χ0n) is 18.8. The van der Waals surface area contributed by atoms with Crippen LogP contribution in [0.4, 0.5) is 0 Å². The van der Waals surface area contributed by atoms with E-state index >= 15 is 0 Å². The third-order valence-electron chi connectivity index (χ3n) is 5.18. The van der Waals surface area contributed by atoms with Crippen molar-refractivity contribution in [2.24, 2.45) is 4.99 Å². The molecule has 0 saturated carbocycles. The van der Waals surface area contributed by atoms with Gasteiger partial charge in [0.2, 0.25) is 0 Å². The molecule has 2 N–H and O–H groups in total. The summed E-state index contributed by atoms with van der Waals surface area (Å²) in [6.45, 7) is 6.70. The Morgan fingerprint density at radius 2 is 1.97 bits per heavy atom. The van der Waals surface area contributed by atoms with E-state index in [0.29, 0.717) is 18.5 Å². The average Bonchev–Trinajstić information content (AvgIpc) is 3.29. The van der Waals surface area contributed by atoms with E-state index in [1.54, 1.807) is 14.2 Å². The molecule has 0 atom stereocenters. The summed E-state index contributed by atoms with van der Waals surface area (Å²) in [5, 5.41) is 10.7. The SMILES string of the molecule is CCNC(=NCc1nc(-c2ccc(OC)cc2)n[nH]1)N1CCC(OCCCOC)CC1. The van der Waals surface area contributed by atoms with Crippen molar-refractivity contribution >= 4 is 5.96 Å². The van der Waals surface area contributed by atoms with Gasteiger partial charge in [0.05, 0.1) is 13.2 Å². The fourth-order valence-electron chi connectivity index (χ4n) is 3.50. The molecule has 1 aliphatic rings. The Kier molecular flexibility index (Phi) is 9.11. The summed E-state index contributed by atoms with van der Waals surface area (Å²) in [7, 11) is 3.37. The van der Waals surface area contributed by atoms with Crippen LogP contribution in [0.5, 0.6) is 5.75 Å². The topological polar surface area (TPSA) is 96.9 Å². The van der Waals surface area contributed by atoms with Crippen molar-refractivity contribution in [3.63, 3.8) is 0 Å². The van der Waals surface area contributed by atoms with Gasteiger partial charge in [-0.15, -0.1) is 0 Å². The molecule has 0 bridgehead atoms. The number of H-pyrrole nitrogens is 1. The second kappa shape index (κ2) is 12.3. The molecule has 1 aromatic heterocycles. The maximum absolute atomic E-state index is 5.96. The summed E-state index contributed by atoms with van der Waals surface area (Å²) in [5.41, 5.74) is 0.937. The van der Waals surface area contributed by atoms with Crippen LogP contribution in [0.25, 0.3) is 11.4 Å². The average molecular weight is 431 g/mol. The number of aromatic amines is 1. The molecule has 31 heavy (non-hydrogen) atoms. The van der Waals surface area contributed by atoms with Crippen LogP contribution in [-0.2, 0) is 16.0 Å². The number of aliphatic imine (C=N–C) groups is 1. The number of nitrogens with one attached hydrogen (secondary N) is 2. The van der Waals surface area contributed by atoms with Crippen LogP contribution in [0, 0.1) is 0 Å². The van der Waals surface area contributed by atoms with Gasteiger partial charge in [0.15, 0.2) is 11.8 Å². The van der Waals surface area contributed by atoms with Gasteiger partial charge in [0, 0.05) is 45.5 Å². The van der Waals surface area contributed by atoms with E-state index in [1.807, 2.05) is 24.3 Å². The highest BCUT2D eigenvalue weighted by Gasteiger charge is 2.22. The zero-order chi connectivity index (χ0) is 21.9. The van der Waals surface area contributed by atoms with E-state index in [1.165, 1.54) is 0 Å². The Hall–Kier alpha value is -2.65. The van der Waals surface area contributed by atoms with Crippen molar-refractivity contribution < 1.29 is 14.2 Å². The normalized spacial score (nSPS) is 15.3. The van der Waals surface area contributed by atoms with Crippen molar-refractivity contribution in [3.05, 3.63) is 30.1 Å². The lowest BCUT2D eigenvalue weighted by Crippen LogP contribution is -2.47. The van der Waals surface area contributed by atoms with Gasteiger partial charge in [-0.05, 0) is 50.5 Å². The number of benzene rings is 1. The van der Waals surface area contributed by atoms with Crippen molar-refractivity contribution in [3.8, 4) is 17.1 Å². The maximum Gasteiger partial charge on any atom is 0.194 e. The van der Waals surface area contributed by atoms with Crippen LogP contribution in [0.15, 0.2) is 29.3 Å². The van der Waals surface area contributed by atoms with Gasteiger partial charge in [0.25, 0.3) is 0 Å². The Morgan fingerprint density at radius 1 is 1.19 bits per heavy atom. The van der Waals surface area contributed by atoms with Crippen molar-refractivity contribution in [2.75, 3.05) is 47.1 Å². The first-order valence-corrected chi connectivity index (χ1v) is 10.9. The number of ether oxygens (including phenoxy) is 3. The van der Waals surface area contributed by atoms with Gasteiger partial charge >= 0.3 is 0 Å². The van der Waals surface area contributed by atoms with Crippen LogP contribution < -0.4 is 10.1 Å². The van der Waals surface area contributed by atoms with E-state index in [-0.39, 0.29) is 0 Å². The first-order chi connectivity index (χ1) is 15.2. The molecule has 0 radical (unpaired) electrons. The molecule has 9 heteroatoms. The lowest BCUT2D eigenvalue weighted by atomic mass is 10.1. The van der Waals surface area contributed by atoms with Gasteiger partial charge in [0.1, 0.15) is 18.1 Å². The van der Waals surface area contributed by atoms with E-state index in [0.717, 1.165) is 75.2 Å². The fourth-order valence-corrected chi connectivity index (χ4v) is 3.50. The van der Waals surface area contributed by atoms with Gasteiger partial charge in [-0.25, -0.2) is 9.98 Å². The predicted molar refractivity (Wildman–Crippen MR) is 120 cm³/mol. The van der Waals surface area contributed by atoms with Crippen molar-refractivity contribution in [1.82, 2.24) is 25.4 Å². The predicted octanol–water partition coefficient (Wildman–Crippen LogP) is 2.46. The molecule has 3 rings (SSSR count). The Morgan fingerprint density at radius 3 is 2.65 bits per heavy atom. The first-order valence-electron chi connectivity index (χ1n) is 10.9. The second-order valence-electron chi connectivity index (χ2n) is 7.41. The van der Waals surface area contributed by atoms with E-state index < -0.39 is 0 Å². The molecule has 0 unspecified atom stereocenters. The molecule has 0 spiro atoms. The third-order valence-corrected chi connectivity index (χ3v) is 5.18. The molecule has 0 amide bonds. The van der Waals surface area contributed by atoms with Gasteiger partial charge in [-0.1, -0.05) is 0 Å². The van der Waals surface area contributed by atoms with E-state index in [2.05, 4.69) is 32.3 Å². The molecule has 170 valence electrons. The monoisotopic (exact) mass is 430 g/mol. The summed E-state index contributed by atoms with van der Waals surface area (Å²) < 4.78 is 16.2. The summed E-state index contributed by atoms with van der Waals surface area (Å²) >= 11 is 0. The number of nitrogens with zero attached hydrogens (tertiary/aromatic N) is 4. The number of hydrogen-bond acceptors (Lipinski definition) is 6. The second-order valence-corrected chi connectivity index (χ2v) is 7.41. The van der Waals surface area contributed by atoms with Crippen LogP contribution in [0.3, 0.4) is 0 Å². The summed E-state index contributed by atoms with van der Waals surface area (Å²) in [4.78, 5) is 11.6. The van der Waals surface area contributed by atoms with Crippen LogP contribution >= 0.6 is 0 Å². The number of guanidine groups is 1. The minimum absolute atomic E-state index is 0.317. The summed E-state index contributed by atoms with van der Waals surface area (Å²) in [5.74, 6) is 3.10.